The van der Waals surface area contributed by atoms with E-state index in [1.54, 1.807) is 17.6 Å². The third kappa shape index (κ3) is 4.54. The van der Waals surface area contributed by atoms with E-state index < -0.39 is 0 Å². The molecule has 0 aliphatic carbocycles. The van der Waals surface area contributed by atoms with Crippen LogP contribution in [0.2, 0.25) is 0 Å². The summed E-state index contributed by atoms with van der Waals surface area (Å²) in [6.45, 7) is 3.17. The van der Waals surface area contributed by atoms with Gasteiger partial charge in [0.2, 0.25) is 5.89 Å². The Kier molecular flexibility index (Phi) is 5.54. The Bertz CT molecular complexity index is 1160. The summed E-state index contributed by atoms with van der Waals surface area (Å²) >= 11 is 1.60. The number of fused-ring (bicyclic) bond motifs is 1. The summed E-state index contributed by atoms with van der Waals surface area (Å²) in [6, 6.07) is 12.1. The minimum absolute atomic E-state index is 0.143. The molecule has 5 rings (SSSR count). The average Bonchev–Trinajstić information content (AvgIpc) is 3.43. The predicted molar refractivity (Wildman–Crippen MR) is 121 cm³/mol. The molecule has 0 fully saturated rings. The predicted octanol–water partition coefficient (Wildman–Crippen LogP) is 5.44. The van der Waals surface area contributed by atoms with Crippen LogP contribution >= 0.6 is 11.3 Å². The molecule has 0 bridgehead atoms. The van der Waals surface area contributed by atoms with Crippen LogP contribution < -0.4 is 15.4 Å². The molecular formula is C23H23N5O2S. The zero-order valence-electron chi connectivity index (χ0n) is 17.2. The van der Waals surface area contributed by atoms with Crippen molar-refractivity contribution in [2.45, 2.75) is 32.4 Å². The van der Waals surface area contributed by atoms with Crippen molar-refractivity contribution in [3.8, 4) is 16.5 Å². The summed E-state index contributed by atoms with van der Waals surface area (Å²) in [4.78, 5) is 14.5. The molecule has 4 heterocycles. The second-order valence-electron chi connectivity index (χ2n) is 7.42. The smallest absolute Gasteiger partial charge is 0.236 e. The Balaban J connectivity index is 1.27. The molecule has 3 aromatic heterocycles. The number of hydrogen-bond donors (Lipinski definition) is 2. The number of nitrogens with one attached hydrogen (secondary N) is 2. The van der Waals surface area contributed by atoms with E-state index in [1.165, 1.54) is 0 Å². The number of ether oxygens (including phenoxy) is 1. The second kappa shape index (κ2) is 8.77. The van der Waals surface area contributed by atoms with Crippen LogP contribution in [0.1, 0.15) is 36.0 Å². The first-order valence-electron chi connectivity index (χ1n) is 10.3. The quantitative estimate of drug-likeness (QED) is 0.419. The Morgan fingerprint density at radius 1 is 1.26 bits per heavy atom. The maximum Gasteiger partial charge on any atom is 0.236 e. The topological polar surface area (TPSA) is 85.1 Å². The van der Waals surface area contributed by atoms with Crippen LogP contribution in [0, 0.1) is 6.92 Å². The molecule has 1 aliphatic rings. The van der Waals surface area contributed by atoms with Gasteiger partial charge in [0.1, 0.15) is 36.0 Å². The second-order valence-corrected chi connectivity index (χ2v) is 8.37. The molecule has 0 radical (unpaired) electrons. The monoisotopic (exact) mass is 433 g/mol. The molecule has 8 heteroatoms. The van der Waals surface area contributed by atoms with Gasteiger partial charge in [0.05, 0.1) is 10.9 Å². The summed E-state index contributed by atoms with van der Waals surface area (Å²) in [5.41, 5.74) is 2.85. The first-order chi connectivity index (χ1) is 15.2. The van der Waals surface area contributed by atoms with Gasteiger partial charge in [-0.1, -0.05) is 12.1 Å². The van der Waals surface area contributed by atoms with Crippen LogP contribution in [0.4, 0.5) is 11.5 Å². The molecule has 1 unspecified atom stereocenters. The molecule has 158 valence electrons. The van der Waals surface area contributed by atoms with Gasteiger partial charge in [-0.15, -0.1) is 11.3 Å². The van der Waals surface area contributed by atoms with Gasteiger partial charge in [-0.05, 0) is 43.3 Å². The zero-order valence-corrected chi connectivity index (χ0v) is 18.0. The highest BCUT2D eigenvalue weighted by atomic mass is 32.1. The van der Waals surface area contributed by atoms with Crippen LogP contribution in [0.25, 0.3) is 10.8 Å². The standard InChI is InChI=1S/C23H23N5O2S/c1-15-25-12-19-20(7-3-9-24-22(19)26-15)27-16-5-2-6-18(11-16)29-13-17-14-30-23(28-17)21-8-4-10-31-21/h2,4-6,8,10-12,14,20,27H,3,7,9,13H2,1H3,(H,24,25,26). The van der Waals surface area contributed by atoms with Crippen molar-refractivity contribution in [1.29, 1.82) is 0 Å². The minimum Gasteiger partial charge on any atom is -0.487 e. The van der Waals surface area contributed by atoms with Gasteiger partial charge in [-0.25, -0.2) is 15.0 Å². The van der Waals surface area contributed by atoms with Crippen LogP contribution in [0.5, 0.6) is 5.75 Å². The molecule has 0 spiro atoms. The van der Waals surface area contributed by atoms with Gasteiger partial charge in [0, 0.05) is 30.1 Å². The highest BCUT2D eigenvalue weighted by molar-refractivity contribution is 7.13. The molecule has 7 nitrogen and oxygen atoms in total. The fraction of sp³-hybridized carbons (Fsp3) is 0.261. The lowest BCUT2D eigenvalue weighted by atomic mass is 10.0. The molecular weight excluding hydrogens is 410 g/mol. The first-order valence-corrected chi connectivity index (χ1v) is 11.2. The molecule has 1 atom stereocenters. The summed E-state index contributed by atoms with van der Waals surface area (Å²) in [5.74, 6) is 3.10. The van der Waals surface area contributed by atoms with Crippen molar-refractivity contribution in [3.05, 3.63) is 71.3 Å². The number of nitrogens with zero attached hydrogens (tertiary/aromatic N) is 3. The molecule has 0 saturated heterocycles. The molecule has 4 aromatic rings. The molecule has 31 heavy (non-hydrogen) atoms. The van der Waals surface area contributed by atoms with E-state index in [9.17, 15) is 0 Å². The summed E-state index contributed by atoms with van der Waals surface area (Å²) < 4.78 is 11.5. The number of aromatic nitrogens is 3. The Hall–Kier alpha value is -3.39. The SMILES string of the molecule is Cc1ncc2c(n1)NCCCC2Nc1cccc(OCc2coc(-c3cccs3)n2)c1. The lowest BCUT2D eigenvalue weighted by Crippen LogP contribution is -2.12. The van der Waals surface area contributed by atoms with Crippen LogP contribution in [0.15, 0.2) is 58.7 Å². The van der Waals surface area contributed by atoms with E-state index in [4.69, 9.17) is 9.15 Å². The Morgan fingerprint density at radius 3 is 3.13 bits per heavy atom. The molecule has 2 N–H and O–H groups in total. The van der Waals surface area contributed by atoms with Gasteiger partial charge < -0.3 is 19.8 Å². The van der Waals surface area contributed by atoms with Crippen LogP contribution in [-0.4, -0.2) is 21.5 Å². The van der Waals surface area contributed by atoms with Gasteiger partial charge >= 0.3 is 0 Å². The summed E-state index contributed by atoms with van der Waals surface area (Å²) in [6.07, 6.45) is 5.63. The third-order valence-electron chi connectivity index (χ3n) is 5.12. The van der Waals surface area contributed by atoms with Gasteiger partial charge in [0.25, 0.3) is 0 Å². The normalized spacial score (nSPS) is 15.6. The highest BCUT2D eigenvalue weighted by Crippen LogP contribution is 2.32. The summed E-state index contributed by atoms with van der Waals surface area (Å²) in [5, 5.41) is 9.04. The van der Waals surface area contributed by atoms with Crippen molar-refractivity contribution in [2.24, 2.45) is 0 Å². The van der Waals surface area contributed by atoms with Crippen molar-refractivity contribution in [2.75, 3.05) is 17.2 Å². The van der Waals surface area contributed by atoms with E-state index >= 15 is 0 Å². The third-order valence-corrected chi connectivity index (χ3v) is 5.98. The number of thiophene rings is 1. The number of rotatable bonds is 6. The van der Waals surface area contributed by atoms with E-state index in [0.717, 1.165) is 58.6 Å². The fourth-order valence-electron chi connectivity index (χ4n) is 3.62. The highest BCUT2D eigenvalue weighted by Gasteiger charge is 2.20. The lowest BCUT2D eigenvalue weighted by molar-refractivity contribution is 0.301. The Morgan fingerprint density at radius 2 is 2.23 bits per heavy atom. The Labute approximate surface area is 184 Å². The molecule has 0 saturated carbocycles. The van der Waals surface area contributed by atoms with Gasteiger partial charge in [-0.3, -0.25) is 0 Å². The summed E-state index contributed by atoms with van der Waals surface area (Å²) in [7, 11) is 0. The van der Waals surface area contributed by atoms with Crippen molar-refractivity contribution in [3.63, 3.8) is 0 Å². The van der Waals surface area contributed by atoms with E-state index in [0.29, 0.717) is 12.5 Å². The minimum atomic E-state index is 0.143. The van der Waals surface area contributed by atoms with E-state index in [2.05, 4.69) is 25.6 Å². The van der Waals surface area contributed by atoms with Crippen molar-refractivity contribution >= 4 is 22.8 Å². The van der Waals surface area contributed by atoms with E-state index in [-0.39, 0.29) is 6.04 Å². The van der Waals surface area contributed by atoms with Gasteiger partial charge in [-0.2, -0.15) is 0 Å². The van der Waals surface area contributed by atoms with Crippen molar-refractivity contribution in [1.82, 2.24) is 15.0 Å². The number of aryl methyl sites for hydroxylation is 1. The van der Waals surface area contributed by atoms with Gasteiger partial charge in [0.15, 0.2) is 0 Å². The van der Waals surface area contributed by atoms with Crippen LogP contribution in [-0.2, 0) is 6.61 Å². The number of oxazole rings is 1. The van der Waals surface area contributed by atoms with Crippen LogP contribution in [0.3, 0.4) is 0 Å². The van der Waals surface area contributed by atoms with Crippen molar-refractivity contribution < 1.29 is 9.15 Å². The molecule has 0 amide bonds. The average molecular weight is 434 g/mol. The fourth-order valence-corrected chi connectivity index (χ4v) is 4.27. The van der Waals surface area contributed by atoms with E-state index in [1.807, 2.05) is 54.9 Å². The maximum absolute atomic E-state index is 5.97. The zero-order chi connectivity index (χ0) is 21.0. The lowest BCUT2D eigenvalue weighted by Gasteiger charge is -2.20. The number of anilines is 2. The number of hydrogen-bond acceptors (Lipinski definition) is 8. The molecule has 1 aliphatic heterocycles. The molecule has 1 aromatic carbocycles. The maximum atomic E-state index is 5.97. The largest absolute Gasteiger partial charge is 0.487 e. The number of benzene rings is 1. The first kappa shape index (κ1) is 19.6.